The fourth-order valence-electron chi connectivity index (χ4n) is 1.35. The molecule has 0 spiro atoms. The Morgan fingerprint density at radius 1 is 1.33 bits per heavy atom. The number of carbonyl (C=O) groups excluding carboxylic acids is 1. The van der Waals surface area contributed by atoms with Gasteiger partial charge in [0, 0.05) is 17.4 Å². The Hall–Kier alpha value is -1.16. The quantitative estimate of drug-likeness (QED) is 0.776. The summed E-state index contributed by atoms with van der Waals surface area (Å²) in [6.07, 6.45) is 0.524. The van der Waals surface area contributed by atoms with Gasteiger partial charge in [-0.25, -0.2) is 0 Å². The van der Waals surface area contributed by atoms with Crippen molar-refractivity contribution in [2.75, 3.05) is 16.8 Å². The molecule has 0 heterocycles. The normalized spacial score (nSPS) is 12.4. The highest BCUT2D eigenvalue weighted by molar-refractivity contribution is 7.99. The molecule has 0 radical (unpaired) electrons. The average Bonchev–Trinajstić information content (AvgIpc) is 2.32. The summed E-state index contributed by atoms with van der Waals surface area (Å²) in [5.41, 5.74) is 7.07. The number of nitrogens with two attached hydrogens (primary N) is 1. The number of nitrogen functional groups attached to an aromatic ring is 1. The predicted octanol–water partition coefficient (Wildman–Crippen LogP) is 3.38. The van der Waals surface area contributed by atoms with E-state index < -0.39 is 0 Å². The molecule has 1 atom stereocenters. The summed E-state index contributed by atoms with van der Waals surface area (Å²) in [4.78, 5) is 11.7. The van der Waals surface area contributed by atoms with Crippen molar-refractivity contribution in [3.05, 3.63) is 24.3 Å². The largest absolute Gasteiger partial charge is 0.397 e. The van der Waals surface area contributed by atoms with Crippen molar-refractivity contribution in [2.24, 2.45) is 5.92 Å². The number of hydrogen-bond donors (Lipinski definition) is 2. The molecule has 0 aromatic heterocycles. The van der Waals surface area contributed by atoms with E-state index in [0.29, 0.717) is 29.0 Å². The second kappa shape index (κ2) is 7.31. The zero-order valence-corrected chi connectivity index (χ0v) is 12.1. The molecule has 0 aliphatic rings. The standard InChI is InChI=1S/C14H22N2OS/c1-10(2)11(3)18-9-8-14(17)16-13-7-5-4-6-12(13)15/h4-7,10-11H,8-9,15H2,1-3H3,(H,16,17). The minimum atomic E-state index is 0.0244. The third-order valence-electron chi connectivity index (χ3n) is 2.88. The number of benzene rings is 1. The van der Waals surface area contributed by atoms with Crippen LogP contribution in [0.4, 0.5) is 11.4 Å². The van der Waals surface area contributed by atoms with Crippen LogP contribution in [0.5, 0.6) is 0 Å². The van der Waals surface area contributed by atoms with Crippen LogP contribution in [0.15, 0.2) is 24.3 Å². The number of rotatable bonds is 6. The Balaban J connectivity index is 2.33. The van der Waals surface area contributed by atoms with Gasteiger partial charge in [-0.05, 0) is 18.1 Å². The van der Waals surface area contributed by atoms with Crippen molar-refractivity contribution in [3.8, 4) is 0 Å². The SMILES string of the molecule is CC(C)C(C)SCCC(=O)Nc1ccccc1N. The second-order valence-electron chi connectivity index (χ2n) is 4.71. The number of para-hydroxylation sites is 2. The van der Waals surface area contributed by atoms with Gasteiger partial charge < -0.3 is 11.1 Å². The van der Waals surface area contributed by atoms with Crippen LogP contribution in [-0.2, 0) is 4.79 Å². The highest BCUT2D eigenvalue weighted by Gasteiger charge is 2.09. The van der Waals surface area contributed by atoms with Crippen molar-refractivity contribution in [1.82, 2.24) is 0 Å². The van der Waals surface area contributed by atoms with E-state index in [1.165, 1.54) is 0 Å². The van der Waals surface area contributed by atoms with Crippen LogP contribution >= 0.6 is 11.8 Å². The molecule has 0 aliphatic carbocycles. The van der Waals surface area contributed by atoms with Crippen LogP contribution in [-0.4, -0.2) is 16.9 Å². The lowest BCUT2D eigenvalue weighted by atomic mass is 10.2. The number of hydrogen-bond acceptors (Lipinski definition) is 3. The van der Waals surface area contributed by atoms with E-state index >= 15 is 0 Å². The minimum absolute atomic E-state index is 0.0244. The lowest BCUT2D eigenvalue weighted by molar-refractivity contribution is -0.115. The van der Waals surface area contributed by atoms with Crippen LogP contribution < -0.4 is 11.1 Å². The monoisotopic (exact) mass is 266 g/mol. The maximum atomic E-state index is 11.7. The molecular formula is C14H22N2OS. The van der Waals surface area contributed by atoms with Crippen molar-refractivity contribution in [3.63, 3.8) is 0 Å². The molecule has 1 amide bonds. The van der Waals surface area contributed by atoms with E-state index in [2.05, 4.69) is 26.1 Å². The van der Waals surface area contributed by atoms with E-state index in [4.69, 9.17) is 5.73 Å². The summed E-state index contributed by atoms with van der Waals surface area (Å²) in [6, 6.07) is 7.31. The van der Waals surface area contributed by atoms with Gasteiger partial charge in [-0.2, -0.15) is 11.8 Å². The number of carbonyl (C=O) groups is 1. The van der Waals surface area contributed by atoms with Gasteiger partial charge in [0.1, 0.15) is 0 Å². The lowest BCUT2D eigenvalue weighted by Crippen LogP contribution is -2.15. The topological polar surface area (TPSA) is 55.1 Å². The van der Waals surface area contributed by atoms with Gasteiger partial charge in [-0.15, -0.1) is 0 Å². The third kappa shape index (κ3) is 5.00. The first kappa shape index (κ1) is 14.9. The summed E-state index contributed by atoms with van der Waals surface area (Å²) in [7, 11) is 0. The lowest BCUT2D eigenvalue weighted by Gasteiger charge is -2.14. The van der Waals surface area contributed by atoms with Crippen molar-refractivity contribution in [1.29, 1.82) is 0 Å². The Kier molecular flexibility index (Phi) is 6.05. The number of amides is 1. The maximum Gasteiger partial charge on any atom is 0.225 e. The molecule has 0 fully saturated rings. The highest BCUT2D eigenvalue weighted by Crippen LogP contribution is 2.20. The van der Waals surface area contributed by atoms with E-state index in [1.807, 2.05) is 30.0 Å². The molecule has 1 aromatic carbocycles. The van der Waals surface area contributed by atoms with Gasteiger partial charge in [0.2, 0.25) is 5.91 Å². The molecular weight excluding hydrogens is 244 g/mol. The maximum absolute atomic E-state index is 11.7. The van der Waals surface area contributed by atoms with Crippen molar-refractivity contribution in [2.45, 2.75) is 32.4 Å². The Labute approximate surface area is 114 Å². The summed E-state index contributed by atoms with van der Waals surface area (Å²) in [5.74, 6) is 1.51. The highest BCUT2D eigenvalue weighted by atomic mass is 32.2. The minimum Gasteiger partial charge on any atom is -0.397 e. The van der Waals surface area contributed by atoms with E-state index in [-0.39, 0.29) is 5.91 Å². The molecule has 18 heavy (non-hydrogen) atoms. The fourth-order valence-corrected chi connectivity index (χ4v) is 2.41. The van der Waals surface area contributed by atoms with Gasteiger partial charge >= 0.3 is 0 Å². The van der Waals surface area contributed by atoms with Crippen molar-refractivity contribution < 1.29 is 4.79 Å². The van der Waals surface area contributed by atoms with Gasteiger partial charge in [0.05, 0.1) is 11.4 Å². The second-order valence-corrected chi connectivity index (χ2v) is 6.19. The smallest absolute Gasteiger partial charge is 0.225 e. The molecule has 100 valence electrons. The Bertz CT molecular complexity index is 393. The van der Waals surface area contributed by atoms with Crippen LogP contribution in [0.1, 0.15) is 27.2 Å². The fraction of sp³-hybridized carbons (Fsp3) is 0.500. The van der Waals surface area contributed by atoms with E-state index in [0.717, 1.165) is 5.75 Å². The molecule has 0 bridgehead atoms. The van der Waals surface area contributed by atoms with Gasteiger partial charge in [-0.3, -0.25) is 4.79 Å². The first-order chi connectivity index (χ1) is 8.50. The molecule has 1 unspecified atom stereocenters. The number of thioether (sulfide) groups is 1. The zero-order chi connectivity index (χ0) is 13.5. The van der Waals surface area contributed by atoms with Crippen LogP contribution in [0.2, 0.25) is 0 Å². The molecule has 0 saturated heterocycles. The van der Waals surface area contributed by atoms with Crippen molar-refractivity contribution >= 4 is 29.0 Å². The molecule has 3 N–H and O–H groups in total. The first-order valence-corrected chi connectivity index (χ1v) is 7.31. The van der Waals surface area contributed by atoms with Crippen LogP contribution in [0.3, 0.4) is 0 Å². The first-order valence-electron chi connectivity index (χ1n) is 6.26. The molecule has 1 rings (SSSR count). The van der Waals surface area contributed by atoms with E-state index in [1.54, 1.807) is 6.07 Å². The molecule has 3 nitrogen and oxygen atoms in total. The molecule has 4 heteroatoms. The van der Waals surface area contributed by atoms with Gasteiger partial charge in [0.15, 0.2) is 0 Å². The average molecular weight is 266 g/mol. The Morgan fingerprint density at radius 3 is 2.61 bits per heavy atom. The molecule has 0 saturated carbocycles. The summed E-state index contributed by atoms with van der Waals surface area (Å²) < 4.78 is 0. The summed E-state index contributed by atoms with van der Waals surface area (Å²) in [5, 5.41) is 3.42. The number of nitrogens with one attached hydrogen (secondary N) is 1. The van der Waals surface area contributed by atoms with Gasteiger partial charge in [0.25, 0.3) is 0 Å². The summed E-state index contributed by atoms with van der Waals surface area (Å²) in [6.45, 7) is 6.59. The molecule has 1 aromatic rings. The van der Waals surface area contributed by atoms with Crippen LogP contribution in [0.25, 0.3) is 0 Å². The van der Waals surface area contributed by atoms with Gasteiger partial charge in [-0.1, -0.05) is 32.9 Å². The molecule has 0 aliphatic heterocycles. The third-order valence-corrected chi connectivity index (χ3v) is 4.39. The Morgan fingerprint density at radius 2 is 2.00 bits per heavy atom. The predicted molar refractivity (Wildman–Crippen MR) is 80.9 cm³/mol. The van der Waals surface area contributed by atoms with Crippen LogP contribution in [0, 0.1) is 5.92 Å². The van der Waals surface area contributed by atoms with E-state index in [9.17, 15) is 4.79 Å². The number of anilines is 2. The summed E-state index contributed by atoms with van der Waals surface area (Å²) >= 11 is 1.84. The zero-order valence-electron chi connectivity index (χ0n) is 11.3.